The highest BCUT2D eigenvalue weighted by Gasteiger charge is 2.15. The highest BCUT2D eigenvalue weighted by molar-refractivity contribution is 5.72. The maximum absolute atomic E-state index is 12.0. The van der Waals surface area contributed by atoms with Crippen LogP contribution >= 0.6 is 0 Å². The van der Waals surface area contributed by atoms with E-state index in [0.717, 1.165) is 0 Å². The predicted octanol–water partition coefficient (Wildman–Crippen LogP) is 0.0718. The van der Waals surface area contributed by atoms with Crippen molar-refractivity contribution in [1.29, 1.82) is 0 Å². The zero-order chi connectivity index (χ0) is 11.9. The molecule has 2 aromatic rings. The Morgan fingerprint density at radius 1 is 1.44 bits per heavy atom. The molecule has 0 fully saturated rings. The SMILES string of the molecule is CC(O)C(C)n1cnc2c(cnn2C)c1=O. The lowest BCUT2D eigenvalue weighted by Crippen LogP contribution is -2.29. The van der Waals surface area contributed by atoms with Gasteiger partial charge in [0, 0.05) is 7.05 Å². The second-order valence-electron chi connectivity index (χ2n) is 3.94. The van der Waals surface area contributed by atoms with Crippen LogP contribution in [0.2, 0.25) is 0 Å². The Morgan fingerprint density at radius 2 is 2.12 bits per heavy atom. The summed E-state index contributed by atoms with van der Waals surface area (Å²) < 4.78 is 2.97. The van der Waals surface area contributed by atoms with Crippen LogP contribution in [0.4, 0.5) is 0 Å². The van der Waals surface area contributed by atoms with Gasteiger partial charge in [0.05, 0.1) is 18.3 Å². The molecule has 0 amide bonds. The van der Waals surface area contributed by atoms with Crippen LogP contribution in [-0.4, -0.2) is 30.5 Å². The van der Waals surface area contributed by atoms with E-state index in [1.807, 2.05) is 0 Å². The van der Waals surface area contributed by atoms with Crippen LogP contribution in [0.15, 0.2) is 17.3 Å². The fourth-order valence-electron chi connectivity index (χ4n) is 1.57. The van der Waals surface area contributed by atoms with E-state index in [1.165, 1.54) is 17.1 Å². The minimum absolute atomic E-state index is 0.175. The molecule has 16 heavy (non-hydrogen) atoms. The van der Waals surface area contributed by atoms with Crippen LogP contribution in [0.5, 0.6) is 0 Å². The topological polar surface area (TPSA) is 72.9 Å². The van der Waals surface area contributed by atoms with E-state index in [2.05, 4.69) is 10.1 Å². The normalized spacial score (nSPS) is 15.2. The first-order chi connectivity index (χ1) is 7.52. The largest absolute Gasteiger partial charge is 0.391 e. The minimum atomic E-state index is -0.603. The molecule has 86 valence electrons. The van der Waals surface area contributed by atoms with Crippen LogP contribution in [-0.2, 0) is 7.05 Å². The first kappa shape index (κ1) is 10.8. The molecule has 2 atom stereocenters. The van der Waals surface area contributed by atoms with Gasteiger partial charge in [-0.1, -0.05) is 0 Å². The van der Waals surface area contributed by atoms with Gasteiger partial charge < -0.3 is 5.11 Å². The third-order valence-electron chi connectivity index (χ3n) is 2.81. The molecule has 0 bridgehead atoms. The van der Waals surface area contributed by atoms with E-state index in [1.54, 1.807) is 25.6 Å². The van der Waals surface area contributed by atoms with E-state index in [-0.39, 0.29) is 11.6 Å². The molecule has 0 aliphatic heterocycles. The van der Waals surface area contributed by atoms with Crippen LogP contribution in [0.25, 0.3) is 11.0 Å². The van der Waals surface area contributed by atoms with Crippen LogP contribution < -0.4 is 5.56 Å². The molecule has 0 saturated heterocycles. The van der Waals surface area contributed by atoms with Gasteiger partial charge in [-0.3, -0.25) is 14.0 Å². The molecule has 2 heterocycles. The second kappa shape index (κ2) is 3.71. The molecule has 0 saturated carbocycles. The molecule has 2 rings (SSSR count). The van der Waals surface area contributed by atoms with Gasteiger partial charge in [-0.05, 0) is 13.8 Å². The lowest BCUT2D eigenvalue weighted by Gasteiger charge is -2.16. The van der Waals surface area contributed by atoms with E-state index < -0.39 is 6.10 Å². The van der Waals surface area contributed by atoms with Crippen LogP contribution in [0.3, 0.4) is 0 Å². The van der Waals surface area contributed by atoms with Crippen molar-refractivity contribution < 1.29 is 5.11 Å². The Labute approximate surface area is 92.2 Å². The average Bonchev–Trinajstić information content (AvgIpc) is 2.61. The van der Waals surface area contributed by atoms with Crippen molar-refractivity contribution in [1.82, 2.24) is 19.3 Å². The summed E-state index contributed by atoms with van der Waals surface area (Å²) in [5.41, 5.74) is 0.380. The summed E-state index contributed by atoms with van der Waals surface area (Å²) in [6.07, 6.45) is 2.34. The van der Waals surface area contributed by atoms with Crippen molar-refractivity contribution in [2.75, 3.05) is 0 Å². The van der Waals surface area contributed by atoms with Gasteiger partial charge in [0.2, 0.25) is 0 Å². The maximum atomic E-state index is 12.0. The number of nitrogens with zero attached hydrogens (tertiary/aromatic N) is 4. The van der Waals surface area contributed by atoms with Crippen molar-refractivity contribution in [2.24, 2.45) is 7.05 Å². The van der Waals surface area contributed by atoms with Gasteiger partial charge in [0.25, 0.3) is 5.56 Å². The Hall–Kier alpha value is -1.69. The van der Waals surface area contributed by atoms with Crippen LogP contribution in [0.1, 0.15) is 19.9 Å². The van der Waals surface area contributed by atoms with Gasteiger partial charge >= 0.3 is 0 Å². The Bertz CT molecular complexity index is 570. The standard InChI is InChI=1S/C10H14N4O2/c1-6(7(2)15)14-5-11-9-8(10(14)16)4-12-13(9)3/h4-7,15H,1-3H3. The van der Waals surface area contributed by atoms with Crippen molar-refractivity contribution in [3.05, 3.63) is 22.9 Å². The third-order valence-corrected chi connectivity index (χ3v) is 2.81. The molecule has 0 spiro atoms. The summed E-state index contributed by atoms with van der Waals surface area (Å²) in [6, 6.07) is -0.301. The van der Waals surface area contributed by atoms with E-state index >= 15 is 0 Å². The summed E-state index contributed by atoms with van der Waals surface area (Å²) in [7, 11) is 1.73. The molecule has 0 radical (unpaired) electrons. The fraction of sp³-hybridized carbons (Fsp3) is 0.500. The zero-order valence-electron chi connectivity index (χ0n) is 9.45. The van der Waals surface area contributed by atoms with E-state index in [4.69, 9.17) is 0 Å². The summed E-state index contributed by atoms with van der Waals surface area (Å²) >= 11 is 0. The Balaban J connectivity index is 2.66. The molecule has 0 aliphatic carbocycles. The highest BCUT2D eigenvalue weighted by Crippen LogP contribution is 2.10. The van der Waals surface area contributed by atoms with Crippen molar-refractivity contribution >= 4 is 11.0 Å². The fourth-order valence-corrected chi connectivity index (χ4v) is 1.57. The molecule has 6 nitrogen and oxygen atoms in total. The summed E-state index contributed by atoms with van der Waals surface area (Å²) in [6.45, 7) is 3.42. The van der Waals surface area contributed by atoms with Crippen molar-refractivity contribution in [3.63, 3.8) is 0 Å². The maximum Gasteiger partial charge on any atom is 0.264 e. The summed E-state index contributed by atoms with van der Waals surface area (Å²) in [5.74, 6) is 0. The Kier molecular flexibility index (Phi) is 2.51. The quantitative estimate of drug-likeness (QED) is 0.780. The number of hydrogen-bond acceptors (Lipinski definition) is 4. The number of aryl methyl sites for hydroxylation is 1. The number of aliphatic hydroxyl groups excluding tert-OH is 1. The molecule has 2 aromatic heterocycles. The van der Waals surface area contributed by atoms with Gasteiger partial charge in [0.1, 0.15) is 11.7 Å². The summed E-state index contributed by atoms with van der Waals surface area (Å²) in [5, 5.41) is 13.9. The average molecular weight is 222 g/mol. The lowest BCUT2D eigenvalue weighted by atomic mass is 10.2. The molecule has 6 heteroatoms. The smallest absolute Gasteiger partial charge is 0.264 e. The first-order valence-electron chi connectivity index (χ1n) is 5.09. The second-order valence-corrected chi connectivity index (χ2v) is 3.94. The van der Waals surface area contributed by atoms with Crippen molar-refractivity contribution in [2.45, 2.75) is 26.0 Å². The van der Waals surface area contributed by atoms with Gasteiger partial charge in [0.15, 0.2) is 5.65 Å². The number of fused-ring (bicyclic) bond motifs is 1. The first-order valence-corrected chi connectivity index (χ1v) is 5.09. The molecular formula is C10H14N4O2. The third kappa shape index (κ3) is 1.51. The number of aromatic nitrogens is 4. The number of hydrogen-bond donors (Lipinski definition) is 1. The number of aliphatic hydroxyl groups is 1. The summed E-state index contributed by atoms with van der Waals surface area (Å²) in [4.78, 5) is 16.2. The lowest BCUT2D eigenvalue weighted by molar-refractivity contribution is 0.137. The van der Waals surface area contributed by atoms with Gasteiger partial charge in [-0.15, -0.1) is 0 Å². The molecule has 0 aromatic carbocycles. The van der Waals surface area contributed by atoms with Crippen LogP contribution in [0, 0.1) is 0 Å². The zero-order valence-corrected chi connectivity index (χ0v) is 9.45. The highest BCUT2D eigenvalue weighted by atomic mass is 16.3. The molecule has 0 aliphatic rings. The molecule has 1 N–H and O–H groups in total. The number of rotatable bonds is 2. The van der Waals surface area contributed by atoms with Gasteiger partial charge in [-0.25, -0.2) is 4.98 Å². The minimum Gasteiger partial charge on any atom is -0.391 e. The van der Waals surface area contributed by atoms with E-state index in [9.17, 15) is 9.90 Å². The Morgan fingerprint density at radius 3 is 2.75 bits per heavy atom. The molecule has 2 unspecified atom stereocenters. The molecular weight excluding hydrogens is 208 g/mol. The van der Waals surface area contributed by atoms with Gasteiger partial charge in [-0.2, -0.15) is 5.10 Å². The van der Waals surface area contributed by atoms with Crippen molar-refractivity contribution in [3.8, 4) is 0 Å². The predicted molar refractivity (Wildman–Crippen MR) is 59.2 cm³/mol. The monoisotopic (exact) mass is 222 g/mol. The van der Waals surface area contributed by atoms with E-state index in [0.29, 0.717) is 11.0 Å².